The van der Waals surface area contributed by atoms with Crippen LogP contribution in [0.1, 0.15) is 25.8 Å². The van der Waals surface area contributed by atoms with Crippen LogP contribution in [0.5, 0.6) is 5.75 Å². The maximum Gasteiger partial charge on any atom is 0.258 e. The third kappa shape index (κ3) is 4.25. The van der Waals surface area contributed by atoms with Crippen molar-refractivity contribution in [2.45, 2.75) is 32.7 Å². The molecule has 3 aromatic rings. The highest BCUT2D eigenvalue weighted by atomic mass is 35.5. The molecule has 1 aliphatic rings. The van der Waals surface area contributed by atoms with Crippen molar-refractivity contribution in [1.29, 1.82) is 0 Å². The SMILES string of the molecule is [C-]#[N+]c1ccc(N2C(=O)C(C)(C)N(CCCOc3ccc(-n4ccnc4)cc3)C2=S)c(C)c1Cl. The number of anilines is 1. The van der Waals surface area contributed by atoms with Crippen LogP contribution < -0.4 is 9.64 Å². The molecule has 0 aliphatic carbocycles. The summed E-state index contributed by atoms with van der Waals surface area (Å²) in [5.41, 5.74) is 1.82. The van der Waals surface area contributed by atoms with Gasteiger partial charge in [-0.15, -0.1) is 0 Å². The van der Waals surface area contributed by atoms with Gasteiger partial charge in [-0.2, -0.15) is 0 Å². The number of benzene rings is 2. The van der Waals surface area contributed by atoms with Crippen molar-refractivity contribution in [3.63, 3.8) is 0 Å². The molecular formula is C25H24ClN5O2S. The Kier molecular flexibility index (Phi) is 6.60. The van der Waals surface area contributed by atoms with Gasteiger partial charge in [-0.3, -0.25) is 9.69 Å². The second kappa shape index (κ2) is 9.45. The fourth-order valence-corrected chi connectivity index (χ4v) is 4.65. The number of hydrogen-bond acceptors (Lipinski definition) is 4. The third-order valence-electron chi connectivity index (χ3n) is 5.96. The van der Waals surface area contributed by atoms with Gasteiger partial charge in [-0.1, -0.05) is 17.7 Å². The number of ether oxygens (including phenoxy) is 1. The monoisotopic (exact) mass is 493 g/mol. The van der Waals surface area contributed by atoms with Crippen LogP contribution in [0.25, 0.3) is 10.5 Å². The number of thiocarbonyl (C=S) groups is 1. The molecule has 1 fully saturated rings. The van der Waals surface area contributed by atoms with Gasteiger partial charge < -0.3 is 14.2 Å². The summed E-state index contributed by atoms with van der Waals surface area (Å²) in [6.45, 7) is 13.8. The van der Waals surface area contributed by atoms with Gasteiger partial charge in [0.25, 0.3) is 5.91 Å². The van der Waals surface area contributed by atoms with Crippen molar-refractivity contribution in [2.75, 3.05) is 18.1 Å². The van der Waals surface area contributed by atoms with Gasteiger partial charge in [-0.05, 0) is 75.3 Å². The molecule has 0 N–H and O–H groups in total. The van der Waals surface area contributed by atoms with E-state index in [9.17, 15) is 4.79 Å². The van der Waals surface area contributed by atoms with Crippen LogP contribution in [0.2, 0.25) is 5.02 Å². The van der Waals surface area contributed by atoms with E-state index in [4.69, 9.17) is 35.1 Å². The highest BCUT2D eigenvalue weighted by Gasteiger charge is 2.49. The minimum Gasteiger partial charge on any atom is -0.494 e. The Hall–Kier alpha value is -3.41. The fourth-order valence-electron chi connectivity index (χ4n) is 3.95. The Morgan fingerprint density at radius 3 is 2.59 bits per heavy atom. The Bertz CT molecular complexity index is 1270. The van der Waals surface area contributed by atoms with Gasteiger partial charge in [0.05, 0.1) is 30.2 Å². The lowest BCUT2D eigenvalue weighted by Crippen LogP contribution is -2.44. The Morgan fingerprint density at radius 1 is 1.21 bits per heavy atom. The largest absolute Gasteiger partial charge is 0.494 e. The zero-order valence-electron chi connectivity index (χ0n) is 19.2. The predicted octanol–water partition coefficient (Wildman–Crippen LogP) is 5.57. The molecule has 0 spiro atoms. The summed E-state index contributed by atoms with van der Waals surface area (Å²) in [6, 6.07) is 11.1. The van der Waals surface area contributed by atoms with E-state index in [1.807, 2.05) is 53.8 Å². The number of hydrogen-bond donors (Lipinski definition) is 0. The molecule has 0 bridgehead atoms. The summed E-state index contributed by atoms with van der Waals surface area (Å²) in [4.78, 5) is 24.2. The number of nitrogens with zero attached hydrogens (tertiary/aromatic N) is 5. The molecule has 7 nitrogen and oxygen atoms in total. The minimum atomic E-state index is -0.805. The van der Waals surface area contributed by atoms with Crippen molar-refractivity contribution in [3.8, 4) is 11.4 Å². The molecule has 0 atom stereocenters. The molecule has 0 unspecified atom stereocenters. The average molecular weight is 494 g/mol. The number of halogens is 1. The van der Waals surface area contributed by atoms with Gasteiger partial charge in [-0.25, -0.2) is 9.83 Å². The second-order valence-electron chi connectivity index (χ2n) is 8.45. The zero-order chi connectivity index (χ0) is 24.5. The van der Waals surface area contributed by atoms with Crippen molar-refractivity contribution >= 4 is 46.2 Å². The summed E-state index contributed by atoms with van der Waals surface area (Å²) in [6.07, 6.45) is 6.05. The lowest BCUT2D eigenvalue weighted by atomic mass is 10.0. The molecule has 2 heterocycles. The molecule has 2 aromatic carbocycles. The van der Waals surface area contributed by atoms with Crippen LogP contribution in [0.3, 0.4) is 0 Å². The maximum atomic E-state index is 13.3. The molecule has 9 heteroatoms. The van der Waals surface area contributed by atoms with E-state index in [2.05, 4.69) is 9.83 Å². The zero-order valence-corrected chi connectivity index (χ0v) is 20.7. The topological polar surface area (TPSA) is 55.0 Å². The van der Waals surface area contributed by atoms with Crippen LogP contribution in [0.4, 0.5) is 11.4 Å². The summed E-state index contributed by atoms with van der Waals surface area (Å²) < 4.78 is 7.82. The lowest BCUT2D eigenvalue weighted by molar-refractivity contribution is -0.123. The molecule has 34 heavy (non-hydrogen) atoms. The van der Waals surface area contributed by atoms with Gasteiger partial charge in [0.1, 0.15) is 11.3 Å². The van der Waals surface area contributed by atoms with E-state index in [1.165, 1.54) is 4.90 Å². The fraction of sp³-hybridized carbons (Fsp3) is 0.280. The molecule has 4 rings (SSSR count). The van der Waals surface area contributed by atoms with Gasteiger partial charge in [0.15, 0.2) is 5.11 Å². The molecule has 0 saturated carbocycles. The predicted molar refractivity (Wildman–Crippen MR) is 137 cm³/mol. The normalized spacial score (nSPS) is 15.0. The van der Waals surface area contributed by atoms with E-state index in [0.29, 0.717) is 46.6 Å². The van der Waals surface area contributed by atoms with Crippen LogP contribution in [-0.4, -0.2) is 44.2 Å². The van der Waals surface area contributed by atoms with Crippen molar-refractivity contribution in [1.82, 2.24) is 14.5 Å². The first-order chi connectivity index (χ1) is 16.3. The summed E-state index contributed by atoms with van der Waals surface area (Å²) in [5, 5.41) is 0.765. The van der Waals surface area contributed by atoms with Crippen LogP contribution >= 0.6 is 23.8 Å². The molecule has 1 aliphatic heterocycles. The second-order valence-corrected chi connectivity index (χ2v) is 9.20. The molecule has 1 amide bonds. The quantitative estimate of drug-likeness (QED) is 0.245. The molecule has 1 aromatic heterocycles. The first-order valence-corrected chi connectivity index (χ1v) is 11.6. The van der Waals surface area contributed by atoms with Gasteiger partial charge in [0.2, 0.25) is 5.69 Å². The highest BCUT2D eigenvalue weighted by Crippen LogP contribution is 2.39. The third-order valence-corrected chi connectivity index (χ3v) is 6.84. The van der Waals surface area contributed by atoms with Crippen LogP contribution in [0.15, 0.2) is 55.1 Å². The first-order valence-electron chi connectivity index (χ1n) is 10.8. The van der Waals surface area contributed by atoms with Crippen molar-refractivity contribution in [3.05, 3.63) is 77.1 Å². The van der Waals surface area contributed by atoms with Crippen LogP contribution in [-0.2, 0) is 4.79 Å². The maximum absolute atomic E-state index is 13.3. The van der Waals surface area contributed by atoms with E-state index in [1.54, 1.807) is 31.6 Å². The minimum absolute atomic E-state index is 0.122. The highest BCUT2D eigenvalue weighted by molar-refractivity contribution is 7.80. The number of imidazole rings is 1. The van der Waals surface area contributed by atoms with E-state index < -0.39 is 5.54 Å². The lowest BCUT2D eigenvalue weighted by Gasteiger charge is -2.29. The van der Waals surface area contributed by atoms with E-state index in [0.717, 1.165) is 11.4 Å². The average Bonchev–Trinajstić information content (AvgIpc) is 3.41. The van der Waals surface area contributed by atoms with Crippen molar-refractivity contribution in [2.24, 2.45) is 0 Å². The Balaban J connectivity index is 1.41. The molecule has 174 valence electrons. The number of amides is 1. The van der Waals surface area contributed by atoms with E-state index in [-0.39, 0.29) is 5.91 Å². The first kappa shape index (κ1) is 23.7. The summed E-state index contributed by atoms with van der Waals surface area (Å²) >= 11 is 12.1. The van der Waals surface area contributed by atoms with Gasteiger partial charge >= 0.3 is 0 Å². The number of rotatable bonds is 7. The number of carbonyl (C=O) groups excluding carboxylic acids is 1. The number of aromatic nitrogens is 2. The molecule has 0 radical (unpaired) electrons. The Morgan fingerprint density at radius 2 is 1.94 bits per heavy atom. The molecular weight excluding hydrogens is 470 g/mol. The Labute approximate surface area is 209 Å². The van der Waals surface area contributed by atoms with Crippen molar-refractivity contribution < 1.29 is 9.53 Å². The summed E-state index contributed by atoms with van der Waals surface area (Å²) in [5.74, 6) is 0.651. The van der Waals surface area contributed by atoms with Gasteiger partial charge in [0, 0.05) is 24.6 Å². The summed E-state index contributed by atoms with van der Waals surface area (Å²) in [7, 11) is 0. The smallest absolute Gasteiger partial charge is 0.258 e. The molecule has 1 saturated heterocycles. The number of carbonyl (C=O) groups is 1. The van der Waals surface area contributed by atoms with E-state index >= 15 is 0 Å². The van der Waals surface area contributed by atoms with Crippen LogP contribution in [0, 0.1) is 13.5 Å². The standard InChI is InChI=1S/C25H24ClN5O2S/c1-17-21(11-10-20(27-4)22(17)26)31-23(32)25(2,3)30(24(31)34)13-5-15-33-19-8-6-18(7-9-19)29-14-12-28-16-29/h6-12,14,16H,5,13,15H2,1-3H3.